The second kappa shape index (κ2) is 9.68. The van der Waals surface area contributed by atoms with Crippen LogP contribution in [0, 0.1) is 5.92 Å². The zero-order valence-electron chi connectivity index (χ0n) is 15.1. The Balaban J connectivity index is 3.20. The second-order valence-corrected chi connectivity index (χ2v) is 7.41. The summed E-state index contributed by atoms with van der Waals surface area (Å²) in [6, 6.07) is 0. The van der Waals surface area contributed by atoms with Crippen LogP contribution < -0.4 is 0 Å². The van der Waals surface area contributed by atoms with Gasteiger partial charge in [0.25, 0.3) is 0 Å². The summed E-state index contributed by atoms with van der Waals surface area (Å²) < 4.78 is 12.6. The molecule has 0 aromatic carbocycles. The zero-order chi connectivity index (χ0) is 19.2. The molecule has 0 spiro atoms. The lowest BCUT2D eigenvalue weighted by atomic mass is 9.89. The molecule has 142 valence electrons. The summed E-state index contributed by atoms with van der Waals surface area (Å²) in [6.07, 6.45) is 1.36. The Kier molecular flexibility index (Phi) is 8.56. The minimum Gasteiger partial charge on any atom is -0.457 e. The van der Waals surface area contributed by atoms with Gasteiger partial charge in [0, 0.05) is 12.8 Å². The Morgan fingerprint density at radius 2 is 2.08 bits per heavy atom. The molecule has 1 aliphatic heterocycles. The molecule has 7 heteroatoms. The third-order valence-corrected chi connectivity index (χ3v) is 5.22. The number of esters is 2. The van der Waals surface area contributed by atoms with Gasteiger partial charge >= 0.3 is 11.9 Å². The van der Waals surface area contributed by atoms with E-state index in [0.29, 0.717) is 0 Å². The van der Waals surface area contributed by atoms with Crippen LogP contribution in [0.2, 0.25) is 0 Å². The third-order valence-electron chi connectivity index (χ3n) is 4.24. The molecule has 25 heavy (non-hydrogen) atoms. The molecular formula is C18H27IO6. The van der Waals surface area contributed by atoms with Gasteiger partial charge in [0.1, 0.15) is 17.8 Å². The average molecular weight is 466 g/mol. The van der Waals surface area contributed by atoms with E-state index in [9.17, 15) is 19.8 Å². The Morgan fingerprint density at radius 1 is 1.44 bits per heavy atom. The van der Waals surface area contributed by atoms with Crippen molar-refractivity contribution in [2.45, 2.75) is 70.9 Å². The zero-order valence-corrected chi connectivity index (χ0v) is 17.2. The number of hydrogen-bond acceptors (Lipinski definition) is 6. The van der Waals surface area contributed by atoms with E-state index in [1.165, 1.54) is 6.92 Å². The van der Waals surface area contributed by atoms with Gasteiger partial charge in [0.15, 0.2) is 0 Å². The summed E-state index contributed by atoms with van der Waals surface area (Å²) in [7, 11) is 0. The van der Waals surface area contributed by atoms with Crippen LogP contribution in [0.15, 0.2) is 21.8 Å². The first-order valence-corrected chi connectivity index (χ1v) is 9.53. The van der Waals surface area contributed by atoms with Crippen molar-refractivity contribution >= 4 is 34.5 Å². The molecule has 0 aliphatic carbocycles. The molecule has 0 bridgehead atoms. The molecule has 0 aromatic heterocycles. The lowest BCUT2D eigenvalue weighted by molar-refractivity contribution is -0.157. The normalized spacial score (nSPS) is 36.6. The molecule has 0 amide bonds. The van der Waals surface area contributed by atoms with E-state index in [4.69, 9.17) is 9.47 Å². The maximum Gasteiger partial charge on any atom is 0.309 e. The van der Waals surface area contributed by atoms with Gasteiger partial charge in [-0.3, -0.25) is 9.59 Å². The van der Waals surface area contributed by atoms with Gasteiger partial charge in [-0.05, 0) is 42.4 Å². The van der Waals surface area contributed by atoms with E-state index >= 15 is 0 Å². The number of hydrogen-bond donors (Lipinski definition) is 2. The number of aliphatic hydroxyl groups excluding tert-OH is 1. The first-order valence-electron chi connectivity index (χ1n) is 8.29. The van der Waals surface area contributed by atoms with Gasteiger partial charge in [-0.25, -0.2) is 0 Å². The minimum absolute atomic E-state index is 0.143. The van der Waals surface area contributed by atoms with Crippen LogP contribution >= 0.6 is 22.6 Å². The fourth-order valence-corrected chi connectivity index (χ4v) is 3.05. The Hall–Kier alpha value is -0.930. The van der Waals surface area contributed by atoms with Gasteiger partial charge in [-0.15, -0.1) is 0 Å². The summed E-state index contributed by atoms with van der Waals surface area (Å²) in [5.41, 5.74) is -0.483. The number of carbonyl (C=O) groups excluding carboxylic acids is 2. The van der Waals surface area contributed by atoms with Crippen molar-refractivity contribution in [2.24, 2.45) is 5.92 Å². The monoisotopic (exact) mass is 466 g/mol. The number of ether oxygens (including phenoxy) is 2. The highest BCUT2D eigenvalue weighted by molar-refractivity contribution is 14.1. The lowest BCUT2D eigenvalue weighted by Crippen LogP contribution is -2.42. The topological polar surface area (TPSA) is 93.1 Å². The van der Waals surface area contributed by atoms with Crippen molar-refractivity contribution in [1.29, 1.82) is 0 Å². The van der Waals surface area contributed by atoms with Gasteiger partial charge in [-0.1, -0.05) is 35.6 Å². The summed E-state index contributed by atoms with van der Waals surface area (Å²) in [6.45, 7) is 6.57. The van der Waals surface area contributed by atoms with Crippen molar-refractivity contribution in [1.82, 2.24) is 0 Å². The molecular weight excluding hydrogens is 439 g/mol. The van der Waals surface area contributed by atoms with Crippen LogP contribution in [0.1, 0.15) is 47.0 Å². The van der Waals surface area contributed by atoms with Crippen LogP contribution in [0.3, 0.4) is 0 Å². The van der Waals surface area contributed by atoms with Gasteiger partial charge in [-0.2, -0.15) is 0 Å². The fraction of sp³-hybridized carbons (Fsp3) is 0.667. The van der Waals surface area contributed by atoms with E-state index in [2.05, 4.69) is 22.6 Å². The number of rotatable bonds is 2. The predicted octanol–water partition coefficient (Wildman–Crippen LogP) is 2.66. The highest BCUT2D eigenvalue weighted by Gasteiger charge is 2.34. The van der Waals surface area contributed by atoms with Crippen LogP contribution in [0.5, 0.6) is 0 Å². The molecule has 1 rings (SSSR count). The van der Waals surface area contributed by atoms with Crippen molar-refractivity contribution in [3.63, 3.8) is 0 Å². The Bertz CT molecular complexity index is 540. The summed E-state index contributed by atoms with van der Waals surface area (Å²) >= 11 is 2.08. The first kappa shape index (κ1) is 22.1. The number of aliphatic hydroxyl groups is 2. The van der Waals surface area contributed by atoms with E-state index in [1.54, 1.807) is 19.1 Å². The second-order valence-electron chi connectivity index (χ2n) is 6.79. The van der Waals surface area contributed by atoms with Crippen molar-refractivity contribution < 1.29 is 29.3 Å². The first-order chi connectivity index (χ1) is 11.6. The van der Waals surface area contributed by atoms with Crippen LogP contribution in [-0.4, -0.2) is 46.1 Å². The number of carbonyl (C=O) groups is 2. The maximum absolute atomic E-state index is 12.1. The molecule has 6 nitrogen and oxygen atoms in total. The van der Waals surface area contributed by atoms with Crippen molar-refractivity contribution in [3.05, 3.63) is 21.8 Å². The van der Waals surface area contributed by atoms with Crippen LogP contribution in [0.25, 0.3) is 0 Å². The molecule has 0 saturated carbocycles. The van der Waals surface area contributed by atoms with Gasteiger partial charge < -0.3 is 19.7 Å². The van der Waals surface area contributed by atoms with Crippen LogP contribution in [-0.2, 0) is 19.1 Å². The quantitative estimate of drug-likeness (QED) is 0.370. The molecule has 0 saturated heterocycles. The third kappa shape index (κ3) is 7.07. The smallest absolute Gasteiger partial charge is 0.309 e. The van der Waals surface area contributed by atoms with Crippen molar-refractivity contribution in [3.8, 4) is 0 Å². The minimum atomic E-state index is -1.35. The highest BCUT2D eigenvalue weighted by atomic mass is 127. The SMILES string of the molecule is CC(=O)O[C@H]1/C=C/[C@H](C)[C@@H](/C(C)=C/I)OC(=O)C[C@H](O)CC[C@@]1(C)O. The van der Waals surface area contributed by atoms with E-state index in [1.807, 2.05) is 17.9 Å². The molecule has 0 fully saturated rings. The summed E-state index contributed by atoms with van der Waals surface area (Å²) in [5.74, 6) is -1.17. The lowest BCUT2D eigenvalue weighted by Gasteiger charge is -2.32. The predicted molar refractivity (Wildman–Crippen MR) is 102 cm³/mol. The Morgan fingerprint density at radius 3 is 2.64 bits per heavy atom. The van der Waals surface area contributed by atoms with Crippen LogP contribution in [0.4, 0.5) is 0 Å². The molecule has 0 aromatic rings. The average Bonchev–Trinajstić information content (AvgIpc) is 2.52. The molecule has 0 radical (unpaired) electrons. The summed E-state index contributed by atoms with van der Waals surface area (Å²) in [5, 5.41) is 20.7. The van der Waals surface area contributed by atoms with E-state index in [0.717, 1.165) is 5.57 Å². The largest absolute Gasteiger partial charge is 0.457 e. The molecule has 5 atom stereocenters. The molecule has 1 heterocycles. The molecule has 1 aliphatic rings. The maximum atomic E-state index is 12.1. The molecule has 0 unspecified atom stereocenters. The van der Waals surface area contributed by atoms with E-state index < -0.39 is 35.9 Å². The van der Waals surface area contributed by atoms with Gasteiger partial charge in [0.05, 0.1) is 12.5 Å². The number of cyclic esters (lactones) is 1. The highest BCUT2D eigenvalue weighted by Crippen LogP contribution is 2.27. The fourth-order valence-electron chi connectivity index (χ4n) is 2.69. The molecule has 2 N–H and O–H groups in total. The van der Waals surface area contributed by atoms with Crippen molar-refractivity contribution in [2.75, 3.05) is 0 Å². The standard InChI is InChI=1S/C18H27IO6/c1-11-5-6-15(24-13(3)20)18(4,23)8-7-14(21)9-16(22)25-17(11)12(2)10-19/h5-6,10-11,14-15,17,21,23H,7-9H2,1-4H3/b6-5+,12-10+/t11-,14+,15-,17-,18+/m0/s1. The Labute approximate surface area is 162 Å². The summed E-state index contributed by atoms with van der Waals surface area (Å²) in [4.78, 5) is 23.5. The number of halogens is 1. The van der Waals surface area contributed by atoms with Gasteiger partial charge in [0.2, 0.25) is 0 Å². The van der Waals surface area contributed by atoms with E-state index in [-0.39, 0.29) is 25.2 Å².